The van der Waals surface area contributed by atoms with E-state index in [-0.39, 0.29) is 12.4 Å². The highest BCUT2D eigenvalue weighted by Crippen LogP contribution is 2.29. The fraction of sp³-hybridized carbons (Fsp3) is 0.200. The molecule has 0 aliphatic carbocycles. The number of benzene rings is 1. The summed E-state index contributed by atoms with van der Waals surface area (Å²) in [5, 5.41) is 12.9. The maximum atomic E-state index is 12.5. The van der Waals surface area contributed by atoms with Crippen molar-refractivity contribution in [3.63, 3.8) is 0 Å². The number of nitrogens with zero attached hydrogens (tertiary/aromatic N) is 3. The molecule has 3 aromatic rings. The van der Waals surface area contributed by atoms with Gasteiger partial charge in [-0.25, -0.2) is 14.8 Å². The topological polar surface area (TPSA) is 87.9 Å². The Morgan fingerprint density at radius 1 is 1.22 bits per heavy atom. The molecule has 2 aromatic heterocycles. The molecule has 0 saturated heterocycles. The Bertz CT molecular complexity index is 997. The van der Waals surface area contributed by atoms with Gasteiger partial charge in [-0.15, -0.1) is 12.4 Å². The van der Waals surface area contributed by atoms with E-state index in [1.54, 1.807) is 24.3 Å². The van der Waals surface area contributed by atoms with Gasteiger partial charge in [0.05, 0.1) is 23.9 Å². The van der Waals surface area contributed by atoms with Gasteiger partial charge >= 0.3 is 5.97 Å². The largest absolute Gasteiger partial charge is 0.462 e. The molecule has 1 aromatic carbocycles. The molecule has 0 fully saturated rings. The minimum atomic E-state index is -0.432. The molecule has 27 heavy (non-hydrogen) atoms. The van der Waals surface area contributed by atoms with Gasteiger partial charge in [0.25, 0.3) is 0 Å². The number of pyridine rings is 2. The first-order valence-corrected chi connectivity index (χ1v) is 8.33. The third kappa shape index (κ3) is 4.52. The maximum Gasteiger partial charge on any atom is 0.341 e. The quantitative estimate of drug-likeness (QED) is 0.651. The van der Waals surface area contributed by atoms with E-state index in [2.05, 4.69) is 21.4 Å². The number of nitriles is 1. The summed E-state index contributed by atoms with van der Waals surface area (Å²) in [4.78, 5) is 21.2. The Morgan fingerprint density at radius 3 is 2.63 bits per heavy atom. The number of nitrogens with one attached hydrogen (secondary N) is 1. The highest BCUT2D eigenvalue weighted by atomic mass is 35.5. The van der Waals surface area contributed by atoms with Crippen molar-refractivity contribution in [2.45, 2.75) is 20.3 Å². The molecule has 0 atom stereocenters. The number of aryl methyl sites for hydroxylation is 1. The van der Waals surface area contributed by atoms with E-state index in [0.29, 0.717) is 29.1 Å². The van der Waals surface area contributed by atoms with Crippen molar-refractivity contribution in [3.8, 4) is 6.07 Å². The standard InChI is InChI=1S/C20H18N4O2.ClH/c1-3-10-26-20(25)17-12-22-19-16(9-4-13(2)23-19)18(17)24-15-7-5-14(11-21)6-8-15;/h4-9,12H,3,10H2,1-2H3,(H,22,23,24);1H. The van der Waals surface area contributed by atoms with E-state index in [9.17, 15) is 4.79 Å². The first kappa shape index (κ1) is 20.1. The second kappa shape index (κ2) is 8.97. The summed E-state index contributed by atoms with van der Waals surface area (Å²) in [5.41, 5.74) is 3.65. The lowest BCUT2D eigenvalue weighted by Gasteiger charge is -2.14. The highest BCUT2D eigenvalue weighted by molar-refractivity contribution is 6.05. The smallest absolute Gasteiger partial charge is 0.341 e. The molecule has 0 aliphatic heterocycles. The lowest BCUT2D eigenvalue weighted by molar-refractivity contribution is 0.0506. The summed E-state index contributed by atoms with van der Waals surface area (Å²) in [5.74, 6) is -0.432. The summed E-state index contributed by atoms with van der Waals surface area (Å²) in [6.45, 7) is 4.17. The van der Waals surface area contributed by atoms with Crippen LogP contribution in [0.25, 0.3) is 11.0 Å². The second-order valence-electron chi connectivity index (χ2n) is 5.82. The minimum Gasteiger partial charge on any atom is -0.462 e. The third-order valence-corrected chi connectivity index (χ3v) is 3.81. The van der Waals surface area contributed by atoms with Crippen LogP contribution in [0.1, 0.15) is 35.0 Å². The number of ether oxygens (including phenoxy) is 1. The van der Waals surface area contributed by atoms with Crippen LogP contribution >= 0.6 is 12.4 Å². The van der Waals surface area contributed by atoms with Crippen LogP contribution in [0.15, 0.2) is 42.6 Å². The molecule has 138 valence electrons. The van der Waals surface area contributed by atoms with Crippen molar-refractivity contribution in [1.82, 2.24) is 9.97 Å². The van der Waals surface area contributed by atoms with Crippen molar-refractivity contribution < 1.29 is 9.53 Å². The molecule has 0 spiro atoms. The summed E-state index contributed by atoms with van der Waals surface area (Å²) >= 11 is 0. The SMILES string of the molecule is CCCOC(=O)c1cnc2nc(C)ccc2c1Nc1ccc(C#N)cc1.Cl. The predicted octanol–water partition coefficient (Wildman–Crippen LogP) is 4.54. The minimum absolute atomic E-state index is 0. The van der Waals surface area contributed by atoms with Crippen molar-refractivity contribution in [3.05, 3.63) is 59.4 Å². The third-order valence-electron chi connectivity index (χ3n) is 3.81. The molecule has 0 amide bonds. The van der Waals surface area contributed by atoms with Crippen LogP contribution in [-0.4, -0.2) is 22.5 Å². The summed E-state index contributed by atoms with van der Waals surface area (Å²) in [6, 6.07) is 12.8. The van der Waals surface area contributed by atoms with Gasteiger partial charge in [0, 0.05) is 23.0 Å². The zero-order valence-corrected chi connectivity index (χ0v) is 15.8. The van der Waals surface area contributed by atoms with E-state index >= 15 is 0 Å². The maximum absolute atomic E-state index is 12.5. The summed E-state index contributed by atoms with van der Waals surface area (Å²) < 4.78 is 5.28. The monoisotopic (exact) mass is 382 g/mol. The Morgan fingerprint density at radius 2 is 1.96 bits per heavy atom. The molecule has 0 aliphatic rings. The molecular formula is C20H19ClN4O2. The zero-order valence-electron chi connectivity index (χ0n) is 15.0. The van der Waals surface area contributed by atoms with Crippen LogP contribution < -0.4 is 5.32 Å². The average Bonchev–Trinajstić information content (AvgIpc) is 2.66. The Labute approximate surface area is 163 Å². The van der Waals surface area contributed by atoms with E-state index < -0.39 is 5.97 Å². The van der Waals surface area contributed by atoms with Crippen LogP contribution in [0.5, 0.6) is 0 Å². The molecule has 0 saturated carbocycles. The highest BCUT2D eigenvalue weighted by Gasteiger charge is 2.18. The molecule has 2 heterocycles. The molecule has 3 rings (SSSR count). The molecular weight excluding hydrogens is 364 g/mol. The van der Waals surface area contributed by atoms with E-state index in [4.69, 9.17) is 10.00 Å². The van der Waals surface area contributed by atoms with Crippen LogP contribution in [0.2, 0.25) is 0 Å². The summed E-state index contributed by atoms with van der Waals surface area (Å²) in [6.07, 6.45) is 2.23. The Kier molecular flexibility index (Phi) is 6.69. The number of hydrogen-bond donors (Lipinski definition) is 1. The predicted molar refractivity (Wildman–Crippen MR) is 107 cm³/mol. The first-order valence-electron chi connectivity index (χ1n) is 8.33. The van der Waals surface area contributed by atoms with Crippen molar-refractivity contribution in [2.24, 2.45) is 0 Å². The molecule has 1 N–H and O–H groups in total. The Hall–Kier alpha value is -3.17. The number of carbonyl (C=O) groups is 1. The number of rotatable bonds is 5. The van der Waals surface area contributed by atoms with Gasteiger partial charge in [-0.1, -0.05) is 6.92 Å². The number of fused-ring (bicyclic) bond motifs is 1. The van der Waals surface area contributed by atoms with Gasteiger partial charge in [0.15, 0.2) is 5.65 Å². The van der Waals surface area contributed by atoms with Crippen LogP contribution in [-0.2, 0) is 4.74 Å². The van der Waals surface area contributed by atoms with Crippen LogP contribution in [0.3, 0.4) is 0 Å². The lowest BCUT2D eigenvalue weighted by Crippen LogP contribution is -2.10. The number of aromatic nitrogens is 2. The fourth-order valence-corrected chi connectivity index (χ4v) is 2.51. The number of anilines is 2. The molecule has 0 radical (unpaired) electrons. The average molecular weight is 383 g/mol. The van der Waals surface area contributed by atoms with Gasteiger partial charge in [-0.3, -0.25) is 0 Å². The number of esters is 1. The fourth-order valence-electron chi connectivity index (χ4n) is 2.51. The van der Waals surface area contributed by atoms with E-state index in [1.165, 1.54) is 6.20 Å². The zero-order chi connectivity index (χ0) is 18.5. The number of halogens is 1. The van der Waals surface area contributed by atoms with E-state index in [1.807, 2.05) is 26.0 Å². The normalized spacial score (nSPS) is 9.96. The van der Waals surface area contributed by atoms with Crippen LogP contribution in [0, 0.1) is 18.3 Å². The van der Waals surface area contributed by atoms with Gasteiger partial charge in [-0.2, -0.15) is 5.26 Å². The molecule has 0 unspecified atom stereocenters. The molecule has 6 nitrogen and oxygen atoms in total. The number of hydrogen-bond acceptors (Lipinski definition) is 6. The van der Waals surface area contributed by atoms with Gasteiger partial charge in [0.1, 0.15) is 5.56 Å². The first-order chi connectivity index (χ1) is 12.6. The summed E-state index contributed by atoms with van der Waals surface area (Å²) in [7, 11) is 0. The molecule has 7 heteroatoms. The van der Waals surface area contributed by atoms with E-state index in [0.717, 1.165) is 23.2 Å². The lowest BCUT2D eigenvalue weighted by atomic mass is 10.1. The van der Waals surface area contributed by atoms with Gasteiger partial charge in [-0.05, 0) is 49.7 Å². The molecule has 0 bridgehead atoms. The van der Waals surface area contributed by atoms with Crippen molar-refractivity contribution >= 4 is 40.8 Å². The van der Waals surface area contributed by atoms with Gasteiger partial charge in [0.2, 0.25) is 0 Å². The van der Waals surface area contributed by atoms with Gasteiger partial charge < -0.3 is 10.1 Å². The number of carbonyl (C=O) groups excluding carboxylic acids is 1. The second-order valence-corrected chi connectivity index (χ2v) is 5.82. The van der Waals surface area contributed by atoms with Crippen molar-refractivity contribution in [2.75, 3.05) is 11.9 Å². The van der Waals surface area contributed by atoms with Crippen molar-refractivity contribution in [1.29, 1.82) is 5.26 Å². The van der Waals surface area contributed by atoms with Crippen LogP contribution in [0.4, 0.5) is 11.4 Å². The Balaban J connectivity index is 0.00000261.